The number of hydrogen-bond acceptors (Lipinski definition) is 4. The molecule has 1 heterocycles. The van der Waals surface area contributed by atoms with Crippen LogP contribution < -0.4 is 14.8 Å². The van der Waals surface area contributed by atoms with Crippen LogP contribution in [0.15, 0.2) is 72.9 Å². The van der Waals surface area contributed by atoms with Crippen molar-refractivity contribution in [2.24, 2.45) is 0 Å². The molecule has 120 valence electrons. The lowest BCUT2D eigenvalue weighted by molar-refractivity contribution is 0.102. The number of rotatable bonds is 5. The zero-order valence-corrected chi connectivity index (χ0v) is 13.1. The van der Waals surface area contributed by atoms with E-state index in [9.17, 15) is 4.79 Å². The first-order valence-corrected chi connectivity index (χ1v) is 7.39. The molecule has 0 atom stereocenters. The number of carbonyl (C=O) groups excluding carboxylic acids is 1. The molecule has 0 bridgehead atoms. The van der Waals surface area contributed by atoms with Crippen LogP contribution >= 0.6 is 0 Å². The first kappa shape index (κ1) is 15.6. The van der Waals surface area contributed by atoms with Crippen LogP contribution in [0.5, 0.6) is 17.4 Å². The van der Waals surface area contributed by atoms with Crippen molar-refractivity contribution in [3.8, 4) is 17.4 Å². The fraction of sp³-hybridized carbons (Fsp3) is 0.0526. The molecule has 0 saturated carbocycles. The largest absolute Gasteiger partial charge is 0.481 e. The molecule has 3 rings (SSSR count). The van der Waals surface area contributed by atoms with E-state index in [-0.39, 0.29) is 5.91 Å². The zero-order valence-electron chi connectivity index (χ0n) is 13.1. The maximum Gasteiger partial charge on any atom is 0.259 e. The molecule has 3 aromatic rings. The molecular weight excluding hydrogens is 304 g/mol. The maximum absolute atomic E-state index is 12.5. The number of nitrogens with zero attached hydrogens (tertiary/aromatic N) is 1. The fourth-order valence-corrected chi connectivity index (χ4v) is 2.13. The van der Waals surface area contributed by atoms with Gasteiger partial charge in [0.1, 0.15) is 11.5 Å². The third-order valence-corrected chi connectivity index (χ3v) is 3.31. The molecule has 0 aliphatic rings. The second kappa shape index (κ2) is 7.28. The summed E-state index contributed by atoms with van der Waals surface area (Å²) < 4.78 is 10.8. The van der Waals surface area contributed by atoms with Gasteiger partial charge in [0.05, 0.1) is 24.6 Å². The van der Waals surface area contributed by atoms with Crippen LogP contribution in [0.25, 0.3) is 0 Å². The fourth-order valence-electron chi connectivity index (χ4n) is 2.13. The molecule has 5 heteroatoms. The Morgan fingerprint density at radius 1 is 0.958 bits per heavy atom. The molecule has 0 radical (unpaired) electrons. The van der Waals surface area contributed by atoms with Gasteiger partial charge in [-0.05, 0) is 30.3 Å². The standard InChI is InChI=1S/C19H16N2O3/c1-23-18-12-11-14(13-20-18)21-19(22)16-9-5-6-10-17(16)24-15-7-3-2-4-8-15/h2-13H,1H3,(H,21,22). The molecule has 0 saturated heterocycles. The van der Waals surface area contributed by atoms with Gasteiger partial charge < -0.3 is 14.8 Å². The molecule has 5 nitrogen and oxygen atoms in total. The summed E-state index contributed by atoms with van der Waals surface area (Å²) in [5.41, 5.74) is 1.02. The Hall–Kier alpha value is -3.34. The number of para-hydroxylation sites is 2. The molecule has 0 aliphatic heterocycles. The average molecular weight is 320 g/mol. The predicted octanol–water partition coefficient (Wildman–Crippen LogP) is 4.13. The minimum Gasteiger partial charge on any atom is -0.481 e. The quantitative estimate of drug-likeness (QED) is 0.767. The van der Waals surface area contributed by atoms with E-state index in [1.807, 2.05) is 36.4 Å². The minimum absolute atomic E-state index is 0.270. The van der Waals surface area contributed by atoms with Gasteiger partial charge in [0.25, 0.3) is 5.91 Å². The van der Waals surface area contributed by atoms with Gasteiger partial charge in [0, 0.05) is 6.07 Å². The summed E-state index contributed by atoms with van der Waals surface area (Å²) >= 11 is 0. The van der Waals surface area contributed by atoms with E-state index in [2.05, 4.69) is 10.3 Å². The molecule has 2 aromatic carbocycles. The zero-order chi connectivity index (χ0) is 16.8. The van der Waals surface area contributed by atoms with Crippen LogP contribution in [0.2, 0.25) is 0 Å². The molecule has 0 spiro atoms. The first-order valence-electron chi connectivity index (χ1n) is 7.39. The lowest BCUT2D eigenvalue weighted by atomic mass is 10.2. The van der Waals surface area contributed by atoms with E-state index in [0.717, 1.165) is 0 Å². The highest BCUT2D eigenvalue weighted by Crippen LogP contribution is 2.25. The van der Waals surface area contributed by atoms with Crippen molar-refractivity contribution in [3.05, 3.63) is 78.5 Å². The van der Waals surface area contributed by atoms with Crippen LogP contribution in [0.1, 0.15) is 10.4 Å². The average Bonchev–Trinajstić information content (AvgIpc) is 2.63. The van der Waals surface area contributed by atoms with Crippen molar-refractivity contribution < 1.29 is 14.3 Å². The van der Waals surface area contributed by atoms with E-state index in [1.165, 1.54) is 13.3 Å². The summed E-state index contributed by atoms with van der Waals surface area (Å²) in [6.07, 6.45) is 1.54. The molecular formula is C19H16N2O3. The first-order chi connectivity index (χ1) is 11.8. The molecule has 0 unspecified atom stereocenters. The number of ether oxygens (including phenoxy) is 2. The Labute approximate surface area is 139 Å². The Balaban J connectivity index is 1.79. The minimum atomic E-state index is -0.270. The summed E-state index contributed by atoms with van der Waals surface area (Å²) in [4.78, 5) is 16.6. The smallest absolute Gasteiger partial charge is 0.259 e. The number of carbonyl (C=O) groups is 1. The van der Waals surface area contributed by atoms with E-state index < -0.39 is 0 Å². The number of benzene rings is 2. The highest BCUT2D eigenvalue weighted by molar-refractivity contribution is 6.06. The van der Waals surface area contributed by atoms with Crippen molar-refractivity contribution in [1.82, 2.24) is 4.98 Å². The van der Waals surface area contributed by atoms with Crippen LogP contribution in [-0.2, 0) is 0 Å². The topological polar surface area (TPSA) is 60.5 Å². The number of anilines is 1. The second-order valence-corrected chi connectivity index (χ2v) is 4.95. The van der Waals surface area contributed by atoms with Crippen LogP contribution in [-0.4, -0.2) is 18.0 Å². The lowest BCUT2D eigenvalue weighted by Gasteiger charge is -2.11. The van der Waals surface area contributed by atoms with Gasteiger partial charge in [-0.3, -0.25) is 4.79 Å². The SMILES string of the molecule is COc1ccc(NC(=O)c2ccccc2Oc2ccccc2)cn1. The van der Waals surface area contributed by atoms with Crippen molar-refractivity contribution in [2.75, 3.05) is 12.4 Å². The van der Waals surface area contributed by atoms with Gasteiger partial charge >= 0.3 is 0 Å². The van der Waals surface area contributed by atoms with Gasteiger partial charge in [0.2, 0.25) is 5.88 Å². The number of nitrogens with one attached hydrogen (secondary N) is 1. The number of pyridine rings is 1. The number of methoxy groups -OCH3 is 1. The highest BCUT2D eigenvalue weighted by Gasteiger charge is 2.13. The lowest BCUT2D eigenvalue weighted by Crippen LogP contribution is -2.13. The van der Waals surface area contributed by atoms with Crippen LogP contribution in [0.3, 0.4) is 0 Å². The van der Waals surface area contributed by atoms with Crippen molar-refractivity contribution >= 4 is 11.6 Å². The Morgan fingerprint density at radius 2 is 1.71 bits per heavy atom. The van der Waals surface area contributed by atoms with E-state index >= 15 is 0 Å². The third kappa shape index (κ3) is 3.70. The monoisotopic (exact) mass is 320 g/mol. The molecule has 24 heavy (non-hydrogen) atoms. The maximum atomic E-state index is 12.5. The Morgan fingerprint density at radius 3 is 2.42 bits per heavy atom. The predicted molar refractivity (Wildman–Crippen MR) is 91.7 cm³/mol. The van der Waals surface area contributed by atoms with E-state index in [4.69, 9.17) is 9.47 Å². The van der Waals surface area contributed by atoms with Crippen molar-refractivity contribution in [1.29, 1.82) is 0 Å². The Kier molecular flexibility index (Phi) is 4.72. The second-order valence-electron chi connectivity index (χ2n) is 4.95. The van der Waals surface area contributed by atoms with E-state index in [0.29, 0.717) is 28.6 Å². The Bertz CT molecular complexity index is 818. The van der Waals surface area contributed by atoms with Crippen LogP contribution in [0.4, 0.5) is 5.69 Å². The molecule has 1 N–H and O–H groups in total. The number of amides is 1. The van der Waals surface area contributed by atoms with E-state index in [1.54, 1.807) is 30.3 Å². The summed E-state index contributed by atoms with van der Waals surface area (Å²) in [6.45, 7) is 0. The molecule has 1 aromatic heterocycles. The molecule has 0 fully saturated rings. The summed E-state index contributed by atoms with van der Waals surface area (Å²) in [7, 11) is 1.54. The van der Waals surface area contributed by atoms with Gasteiger partial charge in [-0.2, -0.15) is 0 Å². The summed E-state index contributed by atoms with van der Waals surface area (Å²) in [5, 5.41) is 2.80. The highest BCUT2D eigenvalue weighted by atomic mass is 16.5. The summed E-state index contributed by atoms with van der Waals surface area (Å²) in [6, 6.07) is 19.8. The van der Waals surface area contributed by atoms with Crippen molar-refractivity contribution in [3.63, 3.8) is 0 Å². The summed E-state index contributed by atoms with van der Waals surface area (Å²) in [5.74, 6) is 1.38. The van der Waals surface area contributed by atoms with Crippen molar-refractivity contribution in [2.45, 2.75) is 0 Å². The number of hydrogen-bond donors (Lipinski definition) is 1. The van der Waals surface area contributed by atoms with Gasteiger partial charge in [0.15, 0.2) is 0 Å². The molecule has 0 aliphatic carbocycles. The van der Waals surface area contributed by atoms with Gasteiger partial charge in [-0.15, -0.1) is 0 Å². The normalized spacial score (nSPS) is 10.0. The van der Waals surface area contributed by atoms with Gasteiger partial charge in [-0.25, -0.2) is 4.98 Å². The van der Waals surface area contributed by atoms with Gasteiger partial charge in [-0.1, -0.05) is 30.3 Å². The molecule has 1 amide bonds. The third-order valence-electron chi connectivity index (χ3n) is 3.31. The van der Waals surface area contributed by atoms with Crippen LogP contribution in [0, 0.1) is 0 Å². The number of aromatic nitrogens is 1.